The van der Waals surface area contributed by atoms with Crippen molar-refractivity contribution in [2.75, 3.05) is 19.8 Å². The molecule has 1 unspecified atom stereocenters. The molecule has 1 N–H and O–H groups in total. The molecule has 5 heteroatoms. The standard InChI is InChI=1S/C14H18F3NO/c1-2-18-14(9-3-5-19-6-4-9)10-7-11(15)13(17)12(16)8-10/h7-9,14,18H,2-6H2,1H3. The van der Waals surface area contributed by atoms with Crippen LogP contribution in [-0.2, 0) is 4.74 Å². The lowest BCUT2D eigenvalue weighted by molar-refractivity contribution is 0.0537. The second kappa shape index (κ2) is 6.39. The molecule has 106 valence electrons. The lowest BCUT2D eigenvalue weighted by Gasteiger charge is -2.31. The van der Waals surface area contributed by atoms with Crippen molar-refractivity contribution >= 4 is 0 Å². The molecule has 0 aliphatic carbocycles. The summed E-state index contributed by atoms with van der Waals surface area (Å²) < 4.78 is 45.0. The second-order valence-corrected chi connectivity index (χ2v) is 4.78. The first-order valence-electron chi connectivity index (χ1n) is 6.59. The summed E-state index contributed by atoms with van der Waals surface area (Å²) in [7, 11) is 0. The van der Waals surface area contributed by atoms with E-state index in [4.69, 9.17) is 4.74 Å². The number of halogens is 3. The summed E-state index contributed by atoms with van der Waals surface area (Å²) in [6.07, 6.45) is 1.66. The summed E-state index contributed by atoms with van der Waals surface area (Å²) >= 11 is 0. The van der Waals surface area contributed by atoms with E-state index in [2.05, 4.69) is 5.32 Å². The van der Waals surface area contributed by atoms with Gasteiger partial charge in [0, 0.05) is 19.3 Å². The van der Waals surface area contributed by atoms with Crippen molar-refractivity contribution in [2.24, 2.45) is 5.92 Å². The van der Waals surface area contributed by atoms with Crippen LogP contribution in [0.2, 0.25) is 0 Å². The van der Waals surface area contributed by atoms with Gasteiger partial charge < -0.3 is 10.1 Å². The van der Waals surface area contributed by atoms with Crippen LogP contribution in [0.4, 0.5) is 13.2 Å². The van der Waals surface area contributed by atoms with E-state index in [0.29, 0.717) is 25.3 Å². The summed E-state index contributed by atoms with van der Waals surface area (Å²) in [4.78, 5) is 0. The van der Waals surface area contributed by atoms with Crippen molar-refractivity contribution in [2.45, 2.75) is 25.8 Å². The van der Waals surface area contributed by atoms with Gasteiger partial charge in [-0.3, -0.25) is 0 Å². The fourth-order valence-electron chi connectivity index (χ4n) is 2.58. The van der Waals surface area contributed by atoms with E-state index in [-0.39, 0.29) is 12.0 Å². The summed E-state index contributed by atoms with van der Waals surface area (Å²) in [5.41, 5.74) is 0.463. The Hall–Kier alpha value is -1.07. The average Bonchev–Trinajstić information content (AvgIpc) is 2.42. The van der Waals surface area contributed by atoms with Gasteiger partial charge in [0.25, 0.3) is 0 Å². The van der Waals surface area contributed by atoms with Crippen molar-refractivity contribution in [3.05, 3.63) is 35.1 Å². The Morgan fingerprint density at radius 3 is 2.32 bits per heavy atom. The fraction of sp³-hybridized carbons (Fsp3) is 0.571. The minimum atomic E-state index is -1.41. The molecule has 1 saturated heterocycles. The molecule has 0 amide bonds. The molecule has 0 saturated carbocycles. The summed E-state index contributed by atoms with van der Waals surface area (Å²) in [5, 5.41) is 3.23. The SMILES string of the molecule is CCNC(c1cc(F)c(F)c(F)c1)C1CCOCC1. The van der Waals surface area contributed by atoms with E-state index in [1.165, 1.54) is 0 Å². The molecule has 1 fully saturated rings. The smallest absolute Gasteiger partial charge is 0.194 e. The van der Waals surface area contributed by atoms with Gasteiger partial charge >= 0.3 is 0 Å². The Morgan fingerprint density at radius 2 is 1.79 bits per heavy atom. The number of nitrogens with one attached hydrogen (secondary N) is 1. The first-order valence-corrected chi connectivity index (χ1v) is 6.59. The van der Waals surface area contributed by atoms with Gasteiger partial charge in [0.1, 0.15) is 0 Å². The summed E-state index contributed by atoms with van der Waals surface area (Å²) in [6, 6.07) is 2.00. The zero-order valence-electron chi connectivity index (χ0n) is 10.9. The van der Waals surface area contributed by atoms with Crippen molar-refractivity contribution in [3.8, 4) is 0 Å². The first kappa shape index (κ1) is 14.3. The highest BCUT2D eigenvalue weighted by molar-refractivity contribution is 5.23. The lowest BCUT2D eigenvalue weighted by Crippen LogP contribution is -2.32. The number of benzene rings is 1. The highest BCUT2D eigenvalue weighted by atomic mass is 19.2. The Kier molecular flexibility index (Phi) is 4.82. The molecule has 2 rings (SSSR count). The molecule has 0 aromatic heterocycles. The maximum atomic E-state index is 13.3. The molecule has 19 heavy (non-hydrogen) atoms. The van der Waals surface area contributed by atoms with Gasteiger partial charge in [0.2, 0.25) is 0 Å². The molecule has 1 atom stereocenters. The topological polar surface area (TPSA) is 21.3 Å². The second-order valence-electron chi connectivity index (χ2n) is 4.78. The Labute approximate surface area is 111 Å². The Bertz CT molecular complexity index is 410. The third kappa shape index (κ3) is 3.28. The summed E-state index contributed by atoms with van der Waals surface area (Å²) in [5.74, 6) is -3.43. The minimum absolute atomic E-state index is 0.168. The third-order valence-corrected chi connectivity index (χ3v) is 3.53. The molecule has 1 heterocycles. The maximum absolute atomic E-state index is 13.3. The van der Waals surface area contributed by atoms with Crippen LogP contribution < -0.4 is 5.32 Å². The van der Waals surface area contributed by atoms with E-state index < -0.39 is 17.5 Å². The highest BCUT2D eigenvalue weighted by Gasteiger charge is 2.26. The van der Waals surface area contributed by atoms with Crippen LogP contribution in [0.15, 0.2) is 12.1 Å². The van der Waals surface area contributed by atoms with Gasteiger partial charge in [-0.25, -0.2) is 13.2 Å². The molecule has 1 aliphatic heterocycles. The molecule has 0 bridgehead atoms. The number of ether oxygens (including phenoxy) is 1. The van der Waals surface area contributed by atoms with Crippen molar-refractivity contribution in [1.29, 1.82) is 0 Å². The molecule has 1 aliphatic rings. The zero-order chi connectivity index (χ0) is 13.8. The minimum Gasteiger partial charge on any atom is -0.381 e. The van der Waals surface area contributed by atoms with E-state index in [1.807, 2.05) is 6.92 Å². The van der Waals surface area contributed by atoms with Crippen molar-refractivity contribution < 1.29 is 17.9 Å². The molecule has 0 spiro atoms. The molecular weight excluding hydrogens is 255 g/mol. The molecule has 2 nitrogen and oxygen atoms in total. The Balaban J connectivity index is 2.27. The predicted molar refractivity (Wildman–Crippen MR) is 66.3 cm³/mol. The largest absolute Gasteiger partial charge is 0.381 e. The van der Waals surface area contributed by atoms with Gasteiger partial charge in [-0.2, -0.15) is 0 Å². The van der Waals surface area contributed by atoms with Gasteiger partial charge in [-0.1, -0.05) is 6.92 Å². The van der Waals surface area contributed by atoms with Crippen LogP contribution in [0.5, 0.6) is 0 Å². The van der Waals surface area contributed by atoms with Crippen LogP contribution in [0.25, 0.3) is 0 Å². The van der Waals surface area contributed by atoms with Gasteiger partial charge in [0.05, 0.1) is 0 Å². The Morgan fingerprint density at radius 1 is 1.21 bits per heavy atom. The van der Waals surface area contributed by atoms with Gasteiger partial charge in [-0.05, 0) is 43.0 Å². The lowest BCUT2D eigenvalue weighted by atomic mass is 9.87. The summed E-state index contributed by atoms with van der Waals surface area (Å²) in [6.45, 7) is 3.92. The normalized spacial score (nSPS) is 18.5. The van der Waals surface area contributed by atoms with Crippen LogP contribution in [-0.4, -0.2) is 19.8 Å². The van der Waals surface area contributed by atoms with Crippen LogP contribution in [0.1, 0.15) is 31.4 Å². The third-order valence-electron chi connectivity index (χ3n) is 3.53. The first-order chi connectivity index (χ1) is 9.13. The van der Waals surface area contributed by atoms with E-state index >= 15 is 0 Å². The molecular formula is C14H18F3NO. The van der Waals surface area contributed by atoms with Gasteiger partial charge in [-0.15, -0.1) is 0 Å². The van der Waals surface area contributed by atoms with Crippen molar-refractivity contribution in [1.82, 2.24) is 5.32 Å². The fourth-order valence-corrected chi connectivity index (χ4v) is 2.58. The molecule has 1 aromatic rings. The van der Waals surface area contributed by atoms with E-state index in [1.54, 1.807) is 0 Å². The number of rotatable bonds is 4. The average molecular weight is 273 g/mol. The number of hydrogen-bond donors (Lipinski definition) is 1. The van der Waals surface area contributed by atoms with Crippen LogP contribution in [0, 0.1) is 23.4 Å². The van der Waals surface area contributed by atoms with E-state index in [9.17, 15) is 13.2 Å². The van der Waals surface area contributed by atoms with Crippen LogP contribution in [0.3, 0.4) is 0 Å². The van der Waals surface area contributed by atoms with E-state index in [0.717, 1.165) is 25.0 Å². The van der Waals surface area contributed by atoms with Gasteiger partial charge in [0.15, 0.2) is 17.5 Å². The zero-order valence-corrected chi connectivity index (χ0v) is 10.9. The quantitative estimate of drug-likeness (QED) is 0.851. The molecule has 1 aromatic carbocycles. The maximum Gasteiger partial charge on any atom is 0.194 e. The molecule has 0 radical (unpaired) electrons. The van der Waals surface area contributed by atoms with Crippen LogP contribution >= 0.6 is 0 Å². The highest BCUT2D eigenvalue weighted by Crippen LogP contribution is 2.31. The predicted octanol–water partition coefficient (Wildman–Crippen LogP) is 3.18. The number of hydrogen-bond acceptors (Lipinski definition) is 2. The van der Waals surface area contributed by atoms with Crippen molar-refractivity contribution in [3.63, 3.8) is 0 Å². The monoisotopic (exact) mass is 273 g/mol.